The molecule has 1 aromatic carbocycles. The maximum absolute atomic E-state index is 11.6. The number of carbonyl (C=O) groups is 1. The zero-order valence-electron chi connectivity index (χ0n) is 15.6. The van der Waals surface area contributed by atoms with Crippen LogP contribution in [0.2, 0.25) is 0 Å². The summed E-state index contributed by atoms with van der Waals surface area (Å²) in [4.78, 5) is 16.0. The van der Waals surface area contributed by atoms with Crippen LogP contribution in [0.15, 0.2) is 24.3 Å². The van der Waals surface area contributed by atoms with Gasteiger partial charge >= 0.3 is 0 Å². The molecule has 2 aliphatic rings. The van der Waals surface area contributed by atoms with Crippen molar-refractivity contribution in [1.82, 2.24) is 4.90 Å². The molecule has 0 unspecified atom stereocenters. The van der Waals surface area contributed by atoms with Gasteiger partial charge in [-0.1, -0.05) is 0 Å². The summed E-state index contributed by atoms with van der Waals surface area (Å²) in [6.45, 7) is 5.42. The molecule has 1 aromatic rings. The number of methoxy groups -OCH3 is 1. The second kappa shape index (κ2) is 7.42. The highest BCUT2D eigenvalue weighted by molar-refractivity contribution is 5.83. The van der Waals surface area contributed by atoms with Gasteiger partial charge in [-0.3, -0.25) is 9.69 Å². The average Bonchev–Trinajstić information content (AvgIpc) is 2.62. The van der Waals surface area contributed by atoms with Gasteiger partial charge in [-0.2, -0.15) is 0 Å². The van der Waals surface area contributed by atoms with Crippen LogP contribution in [0, 0.1) is 0 Å². The van der Waals surface area contributed by atoms with Crippen molar-refractivity contribution in [3.63, 3.8) is 0 Å². The third kappa shape index (κ3) is 4.11. The predicted octanol–water partition coefficient (Wildman–Crippen LogP) is 0.603. The monoisotopic (exact) mass is 363 g/mol. The maximum Gasteiger partial charge on any atom is 0.250 e. The molecule has 2 heterocycles. The topological polar surface area (TPSA) is 88.3 Å². The van der Waals surface area contributed by atoms with E-state index in [1.807, 2.05) is 24.3 Å². The fourth-order valence-corrected chi connectivity index (χ4v) is 3.78. The third-order valence-electron chi connectivity index (χ3n) is 5.52. The first-order valence-corrected chi connectivity index (χ1v) is 9.11. The molecular weight excluding hydrogens is 334 g/mol. The number of nitrogens with zero attached hydrogens (tertiary/aromatic N) is 2. The summed E-state index contributed by atoms with van der Waals surface area (Å²) in [5, 5.41) is 11.0. The Morgan fingerprint density at radius 1 is 1.27 bits per heavy atom. The van der Waals surface area contributed by atoms with E-state index in [0.29, 0.717) is 39.1 Å². The number of nitrogens with two attached hydrogens (primary N) is 1. The van der Waals surface area contributed by atoms with E-state index in [0.717, 1.165) is 24.5 Å². The largest absolute Gasteiger partial charge is 0.497 e. The summed E-state index contributed by atoms with van der Waals surface area (Å²) in [7, 11) is 1.66. The van der Waals surface area contributed by atoms with Crippen molar-refractivity contribution in [1.29, 1.82) is 0 Å². The number of ether oxygens (including phenoxy) is 2. The van der Waals surface area contributed by atoms with Crippen LogP contribution in [-0.4, -0.2) is 73.6 Å². The van der Waals surface area contributed by atoms with E-state index in [1.165, 1.54) is 0 Å². The van der Waals surface area contributed by atoms with Crippen molar-refractivity contribution >= 4 is 11.6 Å². The minimum atomic E-state index is -0.974. The number of amides is 1. The number of carbonyl (C=O) groups excluding carboxylic acids is 1. The molecule has 7 heteroatoms. The Hall–Kier alpha value is -1.83. The standard InChI is InChI=1S/C19H29N3O4/c1-18(17(20)23)13-21(11-12-26-18)14-19(24)7-9-22(10-8-19)15-3-5-16(25-2)6-4-15/h3-6,24H,7-14H2,1-2H3,(H2,20,23)/t18-/m0/s1. The molecule has 0 aromatic heterocycles. The SMILES string of the molecule is COc1ccc(N2CCC(O)(CN3CCO[C@](C)(C(N)=O)C3)CC2)cc1. The lowest BCUT2D eigenvalue weighted by molar-refractivity contribution is -0.157. The summed E-state index contributed by atoms with van der Waals surface area (Å²) in [5.41, 5.74) is 4.88. The van der Waals surface area contributed by atoms with Gasteiger partial charge < -0.3 is 25.2 Å². The number of hydrogen-bond acceptors (Lipinski definition) is 6. The van der Waals surface area contributed by atoms with E-state index >= 15 is 0 Å². The molecule has 1 atom stereocenters. The molecule has 26 heavy (non-hydrogen) atoms. The van der Waals surface area contributed by atoms with Crippen molar-refractivity contribution < 1.29 is 19.4 Å². The molecule has 0 saturated carbocycles. The Morgan fingerprint density at radius 3 is 2.50 bits per heavy atom. The van der Waals surface area contributed by atoms with Crippen LogP contribution in [0.1, 0.15) is 19.8 Å². The minimum Gasteiger partial charge on any atom is -0.497 e. The second-order valence-corrected chi connectivity index (χ2v) is 7.56. The number of morpholine rings is 1. The first-order valence-electron chi connectivity index (χ1n) is 9.11. The molecule has 0 bridgehead atoms. The maximum atomic E-state index is 11.6. The van der Waals surface area contributed by atoms with Gasteiger partial charge in [-0.05, 0) is 44.0 Å². The predicted molar refractivity (Wildman–Crippen MR) is 99.4 cm³/mol. The molecule has 1 amide bonds. The lowest BCUT2D eigenvalue weighted by Crippen LogP contribution is -2.60. The molecule has 0 spiro atoms. The molecule has 0 radical (unpaired) electrons. The number of anilines is 1. The van der Waals surface area contributed by atoms with Crippen LogP contribution in [0.25, 0.3) is 0 Å². The smallest absolute Gasteiger partial charge is 0.250 e. The van der Waals surface area contributed by atoms with E-state index in [-0.39, 0.29) is 0 Å². The number of β-amino-alcohol motifs (C(OH)–C–C–N with tert-alkyl or cyclic N) is 1. The fourth-order valence-electron chi connectivity index (χ4n) is 3.78. The summed E-state index contributed by atoms with van der Waals surface area (Å²) in [5.74, 6) is 0.385. The highest BCUT2D eigenvalue weighted by Crippen LogP contribution is 2.29. The van der Waals surface area contributed by atoms with Gasteiger partial charge in [-0.15, -0.1) is 0 Å². The normalized spacial score (nSPS) is 26.5. The quantitative estimate of drug-likeness (QED) is 0.797. The Kier molecular flexibility index (Phi) is 5.41. The molecule has 2 aliphatic heterocycles. The molecule has 3 rings (SSSR count). The van der Waals surface area contributed by atoms with Gasteiger partial charge in [0.05, 0.1) is 19.3 Å². The number of primary amides is 1. The van der Waals surface area contributed by atoms with Gasteiger partial charge in [0.25, 0.3) is 5.91 Å². The molecule has 144 valence electrons. The molecule has 0 aliphatic carbocycles. The number of benzene rings is 1. The van der Waals surface area contributed by atoms with E-state index in [4.69, 9.17) is 15.2 Å². The van der Waals surface area contributed by atoms with Gasteiger partial charge in [0.15, 0.2) is 5.60 Å². The van der Waals surface area contributed by atoms with Crippen molar-refractivity contribution in [3.05, 3.63) is 24.3 Å². The minimum absolute atomic E-state index is 0.423. The average molecular weight is 363 g/mol. The van der Waals surface area contributed by atoms with Crippen LogP contribution in [-0.2, 0) is 9.53 Å². The van der Waals surface area contributed by atoms with E-state index < -0.39 is 17.1 Å². The van der Waals surface area contributed by atoms with Crippen LogP contribution >= 0.6 is 0 Å². The van der Waals surface area contributed by atoms with Crippen LogP contribution in [0.4, 0.5) is 5.69 Å². The van der Waals surface area contributed by atoms with E-state index in [1.54, 1.807) is 14.0 Å². The summed E-state index contributed by atoms with van der Waals surface area (Å²) < 4.78 is 10.8. The van der Waals surface area contributed by atoms with Crippen molar-refractivity contribution in [2.75, 3.05) is 51.3 Å². The zero-order valence-corrected chi connectivity index (χ0v) is 15.6. The van der Waals surface area contributed by atoms with Crippen molar-refractivity contribution in [2.45, 2.75) is 31.0 Å². The number of aliphatic hydroxyl groups is 1. The number of piperidine rings is 1. The van der Waals surface area contributed by atoms with Gasteiger partial charge in [-0.25, -0.2) is 0 Å². The second-order valence-electron chi connectivity index (χ2n) is 7.56. The van der Waals surface area contributed by atoms with Gasteiger partial charge in [0, 0.05) is 38.4 Å². The molecule has 2 fully saturated rings. The molecule has 7 nitrogen and oxygen atoms in total. The zero-order chi connectivity index (χ0) is 18.8. The summed E-state index contributed by atoms with van der Waals surface area (Å²) in [6.07, 6.45) is 1.37. The Balaban J connectivity index is 1.56. The highest BCUT2D eigenvalue weighted by Gasteiger charge is 2.41. The van der Waals surface area contributed by atoms with Crippen LogP contribution < -0.4 is 15.4 Å². The first kappa shape index (κ1) is 18.9. The van der Waals surface area contributed by atoms with Gasteiger partial charge in [0.2, 0.25) is 0 Å². The summed E-state index contributed by atoms with van der Waals surface area (Å²) >= 11 is 0. The van der Waals surface area contributed by atoms with E-state index in [2.05, 4.69) is 9.80 Å². The lowest BCUT2D eigenvalue weighted by atomic mass is 9.89. The molecule has 2 saturated heterocycles. The Labute approximate surface area is 154 Å². The summed E-state index contributed by atoms with van der Waals surface area (Å²) in [6, 6.07) is 8.00. The first-order chi connectivity index (χ1) is 12.3. The number of rotatable bonds is 5. The number of hydrogen-bond donors (Lipinski definition) is 2. The highest BCUT2D eigenvalue weighted by atomic mass is 16.5. The lowest BCUT2D eigenvalue weighted by Gasteiger charge is -2.45. The van der Waals surface area contributed by atoms with Crippen molar-refractivity contribution in [2.24, 2.45) is 5.73 Å². The van der Waals surface area contributed by atoms with Crippen LogP contribution in [0.3, 0.4) is 0 Å². The van der Waals surface area contributed by atoms with Crippen molar-refractivity contribution in [3.8, 4) is 5.75 Å². The fraction of sp³-hybridized carbons (Fsp3) is 0.632. The van der Waals surface area contributed by atoms with Crippen LogP contribution in [0.5, 0.6) is 5.75 Å². The molecule has 3 N–H and O–H groups in total. The Morgan fingerprint density at radius 2 is 1.92 bits per heavy atom. The third-order valence-corrected chi connectivity index (χ3v) is 5.52. The van der Waals surface area contributed by atoms with E-state index in [9.17, 15) is 9.90 Å². The molecular formula is C19H29N3O4. The van der Waals surface area contributed by atoms with Gasteiger partial charge in [0.1, 0.15) is 5.75 Å². The Bertz CT molecular complexity index is 628.